The first-order chi connectivity index (χ1) is 11.0. The number of hydrogen-bond donors (Lipinski definition) is 2. The third-order valence-electron chi connectivity index (χ3n) is 3.10. The van der Waals surface area contributed by atoms with Gasteiger partial charge < -0.3 is 5.32 Å². The Kier molecular flexibility index (Phi) is 5.49. The van der Waals surface area contributed by atoms with Crippen molar-refractivity contribution < 1.29 is 9.59 Å². The van der Waals surface area contributed by atoms with Gasteiger partial charge in [-0.05, 0) is 43.2 Å². The summed E-state index contributed by atoms with van der Waals surface area (Å²) in [5.74, 6) is -1.64. The van der Waals surface area contributed by atoms with E-state index in [1.165, 1.54) is 6.21 Å². The molecule has 0 spiro atoms. The summed E-state index contributed by atoms with van der Waals surface area (Å²) in [4.78, 5) is 23.5. The quantitative estimate of drug-likeness (QED) is 0.516. The Morgan fingerprint density at radius 2 is 1.74 bits per heavy atom. The molecule has 0 aliphatic heterocycles. The Bertz CT molecular complexity index is 755. The van der Waals surface area contributed by atoms with Gasteiger partial charge in [0.25, 0.3) is 0 Å². The van der Waals surface area contributed by atoms with E-state index < -0.39 is 11.8 Å². The molecule has 118 valence electrons. The van der Waals surface area contributed by atoms with Gasteiger partial charge in [0, 0.05) is 10.7 Å². The van der Waals surface area contributed by atoms with Crippen molar-refractivity contribution in [3.63, 3.8) is 0 Å². The fourth-order valence-corrected chi connectivity index (χ4v) is 2.04. The van der Waals surface area contributed by atoms with E-state index in [0.29, 0.717) is 10.7 Å². The second-order valence-electron chi connectivity index (χ2n) is 5.02. The van der Waals surface area contributed by atoms with Crippen LogP contribution in [0, 0.1) is 13.8 Å². The molecule has 0 aromatic heterocycles. The fraction of sp³-hybridized carbons (Fsp3) is 0.118. The van der Waals surface area contributed by atoms with Crippen molar-refractivity contribution in [2.24, 2.45) is 5.10 Å². The molecular formula is C17H16ClN3O2. The predicted octanol–water partition coefficient (Wildman–Crippen LogP) is 3.05. The highest BCUT2D eigenvalue weighted by molar-refractivity contribution is 6.39. The Morgan fingerprint density at radius 1 is 1.04 bits per heavy atom. The summed E-state index contributed by atoms with van der Waals surface area (Å²) in [5.41, 5.74) is 5.43. The van der Waals surface area contributed by atoms with Crippen LogP contribution in [0.4, 0.5) is 5.69 Å². The summed E-state index contributed by atoms with van der Waals surface area (Å²) in [7, 11) is 0. The minimum atomic E-state index is -0.845. The smallest absolute Gasteiger partial charge is 0.317 e. The van der Waals surface area contributed by atoms with Gasteiger partial charge in [0.15, 0.2) is 0 Å². The van der Waals surface area contributed by atoms with Crippen molar-refractivity contribution >= 4 is 35.3 Å². The topological polar surface area (TPSA) is 70.6 Å². The van der Waals surface area contributed by atoms with Crippen molar-refractivity contribution in [1.29, 1.82) is 0 Å². The van der Waals surface area contributed by atoms with Crippen LogP contribution in [0.25, 0.3) is 0 Å². The lowest BCUT2D eigenvalue weighted by Crippen LogP contribution is -2.32. The van der Waals surface area contributed by atoms with Crippen molar-refractivity contribution in [2.75, 3.05) is 5.32 Å². The SMILES string of the molecule is Cc1ccc(/C=N/NC(=O)C(=O)Nc2ccc(Cl)cc2C)cc1. The molecule has 0 heterocycles. The molecule has 2 amide bonds. The summed E-state index contributed by atoms with van der Waals surface area (Å²) in [6, 6.07) is 12.6. The zero-order valence-corrected chi connectivity index (χ0v) is 13.5. The van der Waals surface area contributed by atoms with Gasteiger partial charge in [0.1, 0.15) is 0 Å². The molecule has 0 bridgehead atoms. The minimum absolute atomic E-state index is 0.525. The largest absolute Gasteiger partial charge is 0.329 e. The van der Waals surface area contributed by atoms with E-state index in [0.717, 1.165) is 16.7 Å². The van der Waals surface area contributed by atoms with Crippen LogP contribution in [0.5, 0.6) is 0 Å². The van der Waals surface area contributed by atoms with Crippen LogP contribution in [0.1, 0.15) is 16.7 Å². The lowest BCUT2D eigenvalue weighted by Gasteiger charge is -2.07. The second kappa shape index (κ2) is 7.56. The average Bonchev–Trinajstić information content (AvgIpc) is 2.51. The molecule has 0 saturated carbocycles. The van der Waals surface area contributed by atoms with Gasteiger partial charge >= 0.3 is 11.8 Å². The van der Waals surface area contributed by atoms with Gasteiger partial charge in [0.2, 0.25) is 0 Å². The maximum atomic E-state index is 11.8. The van der Waals surface area contributed by atoms with Gasteiger partial charge in [-0.15, -0.1) is 0 Å². The average molecular weight is 330 g/mol. The number of aryl methyl sites for hydroxylation is 2. The number of nitrogens with one attached hydrogen (secondary N) is 2. The van der Waals surface area contributed by atoms with Crippen LogP contribution in [0.15, 0.2) is 47.6 Å². The van der Waals surface area contributed by atoms with E-state index in [1.807, 2.05) is 31.2 Å². The van der Waals surface area contributed by atoms with Crippen LogP contribution in [0.2, 0.25) is 5.02 Å². The first-order valence-electron chi connectivity index (χ1n) is 6.93. The molecule has 0 fully saturated rings. The Hall–Kier alpha value is -2.66. The highest BCUT2D eigenvalue weighted by atomic mass is 35.5. The molecular weight excluding hydrogens is 314 g/mol. The third kappa shape index (κ3) is 4.93. The van der Waals surface area contributed by atoms with Crippen LogP contribution in [-0.2, 0) is 9.59 Å². The molecule has 2 aromatic carbocycles. The highest BCUT2D eigenvalue weighted by Crippen LogP contribution is 2.19. The number of amides is 2. The molecule has 0 atom stereocenters. The Morgan fingerprint density at radius 3 is 2.39 bits per heavy atom. The van der Waals surface area contributed by atoms with Gasteiger partial charge in [-0.1, -0.05) is 41.4 Å². The zero-order valence-electron chi connectivity index (χ0n) is 12.8. The third-order valence-corrected chi connectivity index (χ3v) is 3.34. The van der Waals surface area contributed by atoms with Gasteiger partial charge in [-0.2, -0.15) is 5.10 Å². The molecule has 2 N–H and O–H groups in total. The van der Waals surface area contributed by atoms with Crippen LogP contribution in [-0.4, -0.2) is 18.0 Å². The lowest BCUT2D eigenvalue weighted by atomic mass is 10.2. The molecule has 0 aliphatic rings. The van der Waals surface area contributed by atoms with E-state index in [-0.39, 0.29) is 0 Å². The lowest BCUT2D eigenvalue weighted by molar-refractivity contribution is -0.136. The number of carbonyl (C=O) groups is 2. The van der Waals surface area contributed by atoms with E-state index in [9.17, 15) is 9.59 Å². The van der Waals surface area contributed by atoms with Crippen molar-refractivity contribution in [1.82, 2.24) is 5.43 Å². The molecule has 0 aliphatic carbocycles. The molecule has 2 aromatic rings. The number of carbonyl (C=O) groups excluding carboxylic acids is 2. The molecule has 0 radical (unpaired) electrons. The highest BCUT2D eigenvalue weighted by Gasteiger charge is 2.13. The molecule has 5 nitrogen and oxygen atoms in total. The molecule has 6 heteroatoms. The number of hydrogen-bond acceptors (Lipinski definition) is 3. The Balaban J connectivity index is 1.92. The number of hydrazone groups is 1. The van der Waals surface area contributed by atoms with Crippen LogP contribution < -0.4 is 10.7 Å². The maximum absolute atomic E-state index is 11.8. The molecule has 2 rings (SSSR count). The molecule has 0 unspecified atom stereocenters. The Labute approximate surface area is 139 Å². The van der Waals surface area contributed by atoms with E-state index in [4.69, 9.17) is 11.6 Å². The van der Waals surface area contributed by atoms with Crippen LogP contribution in [0.3, 0.4) is 0 Å². The van der Waals surface area contributed by atoms with E-state index in [2.05, 4.69) is 15.8 Å². The van der Waals surface area contributed by atoms with Gasteiger partial charge in [0.05, 0.1) is 6.21 Å². The summed E-state index contributed by atoms with van der Waals surface area (Å²) in [6.45, 7) is 3.76. The van der Waals surface area contributed by atoms with Crippen molar-refractivity contribution in [3.8, 4) is 0 Å². The number of nitrogens with zero attached hydrogens (tertiary/aromatic N) is 1. The first-order valence-corrected chi connectivity index (χ1v) is 7.31. The van der Waals surface area contributed by atoms with Crippen molar-refractivity contribution in [2.45, 2.75) is 13.8 Å². The first kappa shape index (κ1) is 16.7. The predicted molar refractivity (Wildman–Crippen MR) is 91.7 cm³/mol. The van der Waals surface area contributed by atoms with E-state index in [1.54, 1.807) is 25.1 Å². The van der Waals surface area contributed by atoms with Gasteiger partial charge in [-0.3, -0.25) is 9.59 Å². The number of rotatable bonds is 3. The number of halogens is 1. The van der Waals surface area contributed by atoms with Crippen LogP contribution >= 0.6 is 11.6 Å². The van der Waals surface area contributed by atoms with E-state index >= 15 is 0 Å². The minimum Gasteiger partial charge on any atom is -0.317 e. The normalized spacial score (nSPS) is 10.6. The fourth-order valence-electron chi connectivity index (χ4n) is 1.82. The molecule has 0 saturated heterocycles. The maximum Gasteiger partial charge on any atom is 0.329 e. The van der Waals surface area contributed by atoms with Gasteiger partial charge in [-0.25, -0.2) is 5.43 Å². The summed E-state index contributed by atoms with van der Waals surface area (Å²) >= 11 is 5.84. The summed E-state index contributed by atoms with van der Waals surface area (Å²) in [6.07, 6.45) is 1.47. The number of anilines is 1. The standard InChI is InChI=1S/C17H16ClN3O2/c1-11-3-5-13(6-4-11)10-19-21-17(23)16(22)20-15-8-7-14(18)9-12(15)2/h3-10H,1-2H3,(H,20,22)(H,21,23)/b19-10+. The molecule has 23 heavy (non-hydrogen) atoms. The summed E-state index contributed by atoms with van der Waals surface area (Å²) < 4.78 is 0. The zero-order chi connectivity index (χ0) is 16.8. The monoisotopic (exact) mass is 329 g/mol. The second-order valence-corrected chi connectivity index (χ2v) is 5.46. The van der Waals surface area contributed by atoms with Crippen molar-refractivity contribution in [3.05, 3.63) is 64.2 Å². The summed E-state index contributed by atoms with van der Waals surface area (Å²) in [5, 5.41) is 6.84. The number of benzene rings is 2.